The molecule has 0 atom stereocenters. The molecule has 5 rings (SSSR count). The van der Waals surface area contributed by atoms with Crippen LogP contribution in [-0.2, 0) is 13.7 Å². The molecule has 0 amide bonds. The molecule has 30 heavy (non-hydrogen) atoms. The summed E-state index contributed by atoms with van der Waals surface area (Å²) in [7, 11) is 1.56. The highest BCUT2D eigenvalue weighted by Gasteiger charge is 2.28. The van der Waals surface area contributed by atoms with E-state index in [1.807, 2.05) is 12.1 Å². The first-order valence-electron chi connectivity index (χ1n) is 9.66. The van der Waals surface area contributed by atoms with Gasteiger partial charge in [-0.2, -0.15) is 9.36 Å². The summed E-state index contributed by atoms with van der Waals surface area (Å²) in [6.07, 6.45) is 3.99. The van der Waals surface area contributed by atoms with Gasteiger partial charge in [-0.15, -0.1) is 5.10 Å². The third-order valence-electron chi connectivity index (χ3n) is 5.17. The molecule has 0 bridgehead atoms. The van der Waals surface area contributed by atoms with Crippen LogP contribution in [0.2, 0.25) is 0 Å². The quantitative estimate of drug-likeness (QED) is 0.492. The summed E-state index contributed by atoms with van der Waals surface area (Å²) in [5, 5.41) is 12.2. The fourth-order valence-electron chi connectivity index (χ4n) is 3.46. The maximum absolute atomic E-state index is 13.1. The lowest BCUT2D eigenvalue weighted by Crippen LogP contribution is -2.23. The van der Waals surface area contributed by atoms with Gasteiger partial charge in [0, 0.05) is 24.9 Å². The van der Waals surface area contributed by atoms with E-state index in [1.54, 1.807) is 36.1 Å². The monoisotopic (exact) mass is 406 g/mol. The van der Waals surface area contributed by atoms with E-state index in [0.717, 1.165) is 29.7 Å². The van der Waals surface area contributed by atoms with Gasteiger partial charge >= 0.3 is 5.69 Å². The molecule has 4 aromatic rings. The van der Waals surface area contributed by atoms with Crippen molar-refractivity contribution in [1.29, 1.82) is 0 Å². The normalized spacial score (nSPS) is 13.5. The number of benzene rings is 2. The fourth-order valence-corrected chi connectivity index (χ4v) is 3.46. The number of hydrogen-bond donors (Lipinski definition) is 0. The summed E-state index contributed by atoms with van der Waals surface area (Å²) < 4.78 is 23.2. The molecule has 0 aliphatic heterocycles. The molecule has 8 nitrogen and oxygen atoms in total. The highest BCUT2D eigenvalue weighted by Crippen LogP contribution is 2.43. The van der Waals surface area contributed by atoms with Crippen LogP contribution < -0.4 is 10.4 Å². The van der Waals surface area contributed by atoms with Crippen molar-refractivity contribution in [3.63, 3.8) is 0 Å². The minimum atomic E-state index is -0.315. The Morgan fingerprint density at radius 1 is 1.10 bits per heavy atom. The number of aryl methyl sites for hydroxylation is 1. The molecule has 152 valence electrons. The van der Waals surface area contributed by atoms with Crippen molar-refractivity contribution in [2.75, 3.05) is 0 Å². The summed E-state index contributed by atoms with van der Waals surface area (Å²) in [6.45, 7) is 0.242. The van der Waals surface area contributed by atoms with Gasteiger partial charge in [0.25, 0.3) is 0 Å². The second-order valence-electron chi connectivity index (χ2n) is 7.28. The van der Waals surface area contributed by atoms with Crippen molar-refractivity contribution in [1.82, 2.24) is 29.6 Å². The zero-order chi connectivity index (χ0) is 20.7. The number of halogens is 1. The van der Waals surface area contributed by atoms with Crippen LogP contribution in [0.25, 0.3) is 11.4 Å². The minimum Gasteiger partial charge on any atom is -0.472 e. The standard InChI is InChI=1S/C21H19FN6O2/c1-26-21(29)28(25-24-26)19-4-2-3-17(14-5-6-14)18(19)13-30-20-11-12-27(23-20)16-9-7-15(22)8-10-16/h2-4,7-12,14H,5-6,13H2,1H3. The van der Waals surface area contributed by atoms with E-state index in [4.69, 9.17) is 4.74 Å². The molecule has 2 heterocycles. The first-order chi connectivity index (χ1) is 14.6. The molecule has 1 aliphatic carbocycles. The molecule has 0 N–H and O–H groups in total. The lowest BCUT2D eigenvalue weighted by molar-refractivity contribution is 0.290. The Kier molecular flexibility index (Phi) is 4.42. The van der Waals surface area contributed by atoms with E-state index in [-0.39, 0.29) is 18.1 Å². The summed E-state index contributed by atoms with van der Waals surface area (Å²) in [5.74, 6) is 0.598. The third-order valence-corrected chi connectivity index (χ3v) is 5.17. The summed E-state index contributed by atoms with van der Waals surface area (Å²) in [6, 6.07) is 13.6. The van der Waals surface area contributed by atoms with Gasteiger partial charge in [0.2, 0.25) is 5.88 Å². The van der Waals surface area contributed by atoms with Gasteiger partial charge in [-0.1, -0.05) is 12.1 Å². The number of rotatable bonds is 6. The van der Waals surface area contributed by atoms with E-state index in [2.05, 4.69) is 21.6 Å². The zero-order valence-electron chi connectivity index (χ0n) is 16.3. The van der Waals surface area contributed by atoms with Crippen molar-refractivity contribution in [3.8, 4) is 17.3 Å². The first-order valence-corrected chi connectivity index (χ1v) is 9.66. The highest BCUT2D eigenvalue weighted by atomic mass is 19.1. The number of ether oxygens (including phenoxy) is 1. The SMILES string of the molecule is Cn1nnn(-c2cccc(C3CC3)c2COc2ccn(-c3ccc(F)cc3)n2)c1=O. The van der Waals surface area contributed by atoms with E-state index >= 15 is 0 Å². The second-order valence-corrected chi connectivity index (χ2v) is 7.28. The van der Waals surface area contributed by atoms with E-state index < -0.39 is 0 Å². The Labute approximate surface area is 171 Å². The first kappa shape index (κ1) is 18.3. The molecule has 1 saturated carbocycles. The van der Waals surface area contributed by atoms with Gasteiger partial charge in [0.05, 0.1) is 11.4 Å². The van der Waals surface area contributed by atoms with Crippen LogP contribution in [0.1, 0.15) is 29.9 Å². The molecule has 2 aromatic heterocycles. The lowest BCUT2D eigenvalue weighted by Gasteiger charge is -2.14. The van der Waals surface area contributed by atoms with Crippen LogP contribution >= 0.6 is 0 Å². The maximum atomic E-state index is 13.1. The summed E-state index contributed by atoms with van der Waals surface area (Å²) >= 11 is 0. The van der Waals surface area contributed by atoms with Crippen molar-refractivity contribution < 1.29 is 9.13 Å². The zero-order valence-corrected chi connectivity index (χ0v) is 16.3. The average Bonchev–Trinajstić information content (AvgIpc) is 3.41. The molecule has 1 aliphatic rings. The van der Waals surface area contributed by atoms with Crippen LogP contribution in [0.5, 0.6) is 5.88 Å². The predicted octanol–water partition coefficient (Wildman–Crippen LogP) is 2.75. The third kappa shape index (κ3) is 3.38. The number of tetrazole rings is 1. The Hall–Kier alpha value is -3.75. The lowest BCUT2D eigenvalue weighted by atomic mass is 10.0. The maximum Gasteiger partial charge on any atom is 0.368 e. The molecule has 1 fully saturated rings. The highest BCUT2D eigenvalue weighted by molar-refractivity contribution is 5.48. The average molecular weight is 406 g/mol. The Balaban J connectivity index is 1.44. The number of hydrogen-bond acceptors (Lipinski definition) is 5. The molecule has 9 heteroatoms. The van der Waals surface area contributed by atoms with Crippen LogP contribution in [0.15, 0.2) is 59.5 Å². The predicted molar refractivity (Wildman–Crippen MR) is 106 cm³/mol. The molecular weight excluding hydrogens is 387 g/mol. The molecular formula is C21H19FN6O2. The molecule has 0 unspecified atom stereocenters. The fraction of sp³-hybridized carbons (Fsp3) is 0.238. The molecule has 2 aromatic carbocycles. The van der Waals surface area contributed by atoms with Crippen molar-refractivity contribution in [3.05, 3.63) is 82.2 Å². The van der Waals surface area contributed by atoms with Gasteiger partial charge in [-0.25, -0.2) is 13.9 Å². The van der Waals surface area contributed by atoms with Gasteiger partial charge in [-0.3, -0.25) is 0 Å². The van der Waals surface area contributed by atoms with Crippen LogP contribution in [-0.4, -0.2) is 29.6 Å². The Morgan fingerprint density at radius 3 is 2.60 bits per heavy atom. The van der Waals surface area contributed by atoms with E-state index in [1.165, 1.54) is 21.5 Å². The van der Waals surface area contributed by atoms with Gasteiger partial charge in [0.15, 0.2) is 0 Å². The smallest absolute Gasteiger partial charge is 0.368 e. The van der Waals surface area contributed by atoms with Crippen molar-refractivity contribution in [2.45, 2.75) is 25.4 Å². The van der Waals surface area contributed by atoms with Crippen molar-refractivity contribution in [2.24, 2.45) is 7.05 Å². The Morgan fingerprint density at radius 2 is 1.90 bits per heavy atom. The van der Waals surface area contributed by atoms with E-state index in [9.17, 15) is 9.18 Å². The second kappa shape index (κ2) is 7.25. The topological polar surface area (TPSA) is 79.8 Å². The molecule has 0 saturated heterocycles. The van der Waals surface area contributed by atoms with Gasteiger partial charge in [0.1, 0.15) is 12.4 Å². The van der Waals surface area contributed by atoms with Gasteiger partial charge < -0.3 is 4.74 Å². The molecule has 0 spiro atoms. The Bertz CT molecular complexity index is 1250. The summed E-state index contributed by atoms with van der Waals surface area (Å²) in [5.41, 5.74) is 3.14. The largest absolute Gasteiger partial charge is 0.472 e. The number of aromatic nitrogens is 6. The number of nitrogens with zero attached hydrogens (tertiary/aromatic N) is 6. The van der Waals surface area contributed by atoms with E-state index in [0.29, 0.717) is 17.5 Å². The summed E-state index contributed by atoms with van der Waals surface area (Å²) in [4.78, 5) is 12.4. The van der Waals surface area contributed by atoms with Crippen LogP contribution in [0, 0.1) is 5.82 Å². The van der Waals surface area contributed by atoms with Crippen LogP contribution in [0.3, 0.4) is 0 Å². The minimum absolute atomic E-state index is 0.242. The van der Waals surface area contributed by atoms with Crippen molar-refractivity contribution >= 4 is 0 Å². The van der Waals surface area contributed by atoms with Gasteiger partial charge in [-0.05, 0) is 65.1 Å². The van der Waals surface area contributed by atoms with Crippen LogP contribution in [0.4, 0.5) is 4.39 Å². The molecule has 0 radical (unpaired) electrons.